The summed E-state index contributed by atoms with van der Waals surface area (Å²) >= 11 is 0. The molecular weight excluding hydrogens is 202 g/mol. The molecule has 0 heterocycles. The van der Waals surface area contributed by atoms with Gasteiger partial charge in [0.05, 0.1) is 6.61 Å². The summed E-state index contributed by atoms with van der Waals surface area (Å²) < 4.78 is 5.52. The number of likely N-dealkylation sites (N-methyl/N-ethyl adjacent to an activating group) is 1. The summed E-state index contributed by atoms with van der Waals surface area (Å²) in [5.41, 5.74) is 0. The summed E-state index contributed by atoms with van der Waals surface area (Å²) in [7, 11) is 1.87. The van der Waals surface area contributed by atoms with Crippen LogP contribution in [0.4, 0.5) is 0 Å². The van der Waals surface area contributed by atoms with E-state index in [4.69, 9.17) is 9.84 Å². The van der Waals surface area contributed by atoms with Crippen LogP contribution in [-0.2, 0) is 4.74 Å². The van der Waals surface area contributed by atoms with E-state index in [1.165, 1.54) is 38.5 Å². The van der Waals surface area contributed by atoms with Crippen molar-refractivity contribution in [2.45, 2.75) is 57.9 Å². The quantitative estimate of drug-likeness (QED) is 0.507. The molecule has 16 heavy (non-hydrogen) atoms. The Bertz CT molecular complexity index is 127. The fourth-order valence-electron chi connectivity index (χ4n) is 1.64. The molecule has 2 N–H and O–H groups in total. The molecule has 0 spiro atoms. The van der Waals surface area contributed by atoms with Crippen molar-refractivity contribution < 1.29 is 9.84 Å². The molecule has 0 aromatic carbocycles. The monoisotopic (exact) mass is 231 g/mol. The van der Waals surface area contributed by atoms with E-state index in [-0.39, 0.29) is 12.6 Å². The second-order valence-electron chi connectivity index (χ2n) is 4.34. The lowest BCUT2D eigenvalue weighted by molar-refractivity contribution is 0.112. The zero-order chi connectivity index (χ0) is 12.1. The van der Waals surface area contributed by atoms with Crippen LogP contribution in [-0.4, -0.2) is 38.0 Å². The van der Waals surface area contributed by atoms with E-state index >= 15 is 0 Å². The van der Waals surface area contributed by atoms with Gasteiger partial charge >= 0.3 is 0 Å². The standard InChI is InChI=1S/C13H29NO2/c1-3-4-5-6-7-8-10-16-11-9-13(12-15)14-2/h13-15H,3-12H2,1-2H3. The number of ether oxygens (including phenoxy) is 1. The first kappa shape index (κ1) is 15.9. The van der Waals surface area contributed by atoms with Gasteiger partial charge < -0.3 is 15.2 Å². The van der Waals surface area contributed by atoms with E-state index in [0.29, 0.717) is 0 Å². The minimum absolute atomic E-state index is 0.185. The van der Waals surface area contributed by atoms with E-state index in [0.717, 1.165) is 19.6 Å². The number of aliphatic hydroxyl groups excluding tert-OH is 1. The Morgan fingerprint density at radius 1 is 1.06 bits per heavy atom. The lowest BCUT2D eigenvalue weighted by atomic mass is 10.1. The van der Waals surface area contributed by atoms with Crippen LogP contribution in [0.1, 0.15) is 51.9 Å². The molecule has 3 nitrogen and oxygen atoms in total. The van der Waals surface area contributed by atoms with Gasteiger partial charge in [0.15, 0.2) is 0 Å². The molecule has 0 rings (SSSR count). The van der Waals surface area contributed by atoms with Crippen LogP contribution in [0.3, 0.4) is 0 Å². The molecule has 1 atom stereocenters. The molecule has 0 aliphatic heterocycles. The minimum Gasteiger partial charge on any atom is -0.395 e. The van der Waals surface area contributed by atoms with E-state index in [2.05, 4.69) is 12.2 Å². The average molecular weight is 231 g/mol. The highest BCUT2D eigenvalue weighted by molar-refractivity contribution is 4.61. The highest BCUT2D eigenvalue weighted by Crippen LogP contribution is 2.05. The van der Waals surface area contributed by atoms with Gasteiger partial charge in [-0.25, -0.2) is 0 Å². The van der Waals surface area contributed by atoms with Crippen LogP contribution in [0.25, 0.3) is 0 Å². The van der Waals surface area contributed by atoms with Crippen LogP contribution in [0.2, 0.25) is 0 Å². The topological polar surface area (TPSA) is 41.5 Å². The zero-order valence-corrected chi connectivity index (χ0v) is 11.0. The third kappa shape index (κ3) is 10.4. The minimum atomic E-state index is 0.185. The van der Waals surface area contributed by atoms with Crippen molar-refractivity contribution >= 4 is 0 Å². The van der Waals surface area contributed by atoms with Crippen LogP contribution in [0, 0.1) is 0 Å². The maximum Gasteiger partial charge on any atom is 0.0585 e. The van der Waals surface area contributed by atoms with Crippen LogP contribution < -0.4 is 5.32 Å². The SMILES string of the molecule is CCCCCCCCOCCC(CO)NC. The molecule has 0 bridgehead atoms. The summed E-state index contributed by atoms with van der Waals surface area (Å²) in [6.45, 7) is 4.05. The maximum atomic E-state index is 8.93. The van der Waals surface area contributed by atoms with Gasteiger partial charge in [0.25, 0.3) is 0 Å². The number of hydrogen-bond acceptors (Lipinski definition) is 3. The molecule has 1 unspecified atom stereocenters. The molecule has 0 saturated heterocycles. The Morgan fingerprint density at radius 2 is 1.75 bits per heavy atom. The van der Waals surface area contributed by atoms with Gasteiger partial charge in [-0.2, -0.15) is 0 Å². The Hall–Kier alpha value is -0.120. The fraction of sp³-hybridized carbons (Fsp3) is 1.00. The van der Waals surface area contributed by atoms with Gasteiger partial charge in [-0.15, -0.1) is 0 Å². The zero-order valence-electron chi connectivity index (χ0n) is 11.0. The van der Waals surface area contributed by atoms with Crippen molar-refractivity contribution in [1.82, 2.24) is 5.32 Å². The fourth-order valence-corrected chi connectivity index (χ4v) is 1.64. The van der Waals surface area contributed by atoms with Crippen molar-refractivity contribution in [3.05, 3.63) is 0 Å². The van der Waals surface area contributed by atoms with Gasteiger partial charge in [0.1, 0.15) is 0 Å². The first-order valence-corrected chi connectivity index (χ1v) is 6.71. The molecular formula is C13H29NO2. The maximum absolute atomic E-state index is 8.93. The van der Waals surface area contributed by atoms with Gasteiger partial charge in [0, 0.05) is 19.3 Å². The van der Waals surface area contributed by atoms with Crippen LogP contribution in [0.15, 0.2) is 0 Å². The van der Waals surface area contributed by atoms with Crippen molar-refractivity contribution in [1.29, 1.82) is 0 Å². The van der Waals surface area contributed by atoms with Crippen LogP contribution in [0.5, 0.6) is 0 Å². The Morgan fingerprint density at radius 3 is 2.38 bits per heavy atom. The highest BCUT2D eigenvalue weighted by Gasteiger charge is 2.02. The van der Waals surface area contributed by atoms with E-state index in [9.17, 15) is 0 Å². The molecule has 0 fully saturated rings. The smallest absolute Gasteiger partial charge is 0.0585 e. The molecule has 0 aromatic heterocycles. The first-order valence-electron chi connectivity index (χ1n) is 6.71. The van der Waals surface area contributed by atoms with Gasteiger partial charge in [-0.1, -0.05) is 39.0 Å². The summed E-state index contributed by atoms with van der Waals surface area (Å²) in [4.78, 5) is 0. The molecule has 0 radical (unpaired) electrons. The van der Waals surface area contributed by atoms with Crippen molar-refractivity contribution in [2.75, 3.05) is 26.9 Å². The second-order valence-corrected chi connectivity index (χ2v) is 4.34. The Labute approximate surface area is 101 Å². The predicted octanol–water partition coefficient (Wildman–Crippen LogP) is 2.33. The van der Waals surface area contributed by atoms with E-state index in [1.54, 1.807) is 0 Å². The molecule has 0 aromatic rings. The number of nitrogens with one attached hydrogen (secondary N) is 1. The summed E-state index contributed by atoms with van der Waals surface area (Å²) in [5, 5.41) is 12.0. The Kier molecular flexibility index (Phi) is 12.9. The summed E-state index contributed by atoms with van der Waals surface area (Å²) in [5.74, 6) is 0. The number of rotatable bonds is 12. The van der Waals surface area contributed by atoms with E-state index in [1.807, 2.05) is 7.05 Å². The number of unbranched alkanes of at least 4 members (excludes halogenated alkanes) is 5. The predicted molar refractivity (Wildman–Crippen MR) is 68.7 cm³/mol. The molecule has 0 aliphatic rings. The lowest BCUT2D eigenvalue weighted by Gasteiger charge is -2.12. The van der Waals surface area contributed by atoms with Gasteiger partial charge in [-0.3, -0.25) is 0 Å². The summed E-state index contributed by atoms with van der Waals surface area (Å²) in [6, 6.07) is 0.185. The van der Waals surface area contributed by atoms with Gasteiger partial charge in [0.2, 0.25) is 0 Å². The van der Waals surface area contributed by atoms with Gasteiger partial charge in [-0.05, 0) is 19.9 Å². The van der Waals surface area contributed by atoms with Crippen LogP contribution >= 0.6 is 0 Å². The van der Waals surface area contributed by atoms with E-state index < -0.39 is 0 Å². The second kappa shape index (κ2) is 12.9. The highest BCUT2D eigenvalue weighted by atomic mass is 16.5. The number of aliphatic hydroxyl groups is 1. The van der Waals surface area contributed by atoms with Crippen molar-refractivity contribution in [3.8, 4) is 0 Å². The molecule has 0 saturated carbocycles. The molecule has 98 valence electrons. The number of hydrogen-bond donors (Lipinski definition) is 2. The first-order chi connectivity index (χ1) is 7.85. The third-order valence-corrected chi connectivity index (χ3v) is 2.88. The summed E-state index contributed by atoms with van der Waals surface area (Å²) in [6.07, 6.45) is 8.73. The molecule has 0 aliphatic carbocycles. The lowest BCUT2D eigenvalue weighted by Crippen LogP contribution is -2.30. The third-order valence-electron chi connectivity index (χ3n) is 2.88. The Balaban J connectivity index is 3.03. The average Bonchev–Trinajstić information content (AvgIpc) is 2.32. The normalized spacial score (nSPS) is 12.9. The molecule has 0 amide bonds. The molecule has 3 heteroatoms. The van der Waals surface area contributed by atoms with Crippen molar-refractivity contribution in [2.24, 2.45) is 0 Å². The largest absolute Gasteiger partial charge is 0.395 e. The van der Waals surface area contributed by atoms with Crippen molar-refractivity contribution in [3.63, 3.8) is 0 Å².